The SMILES string of the molecule is CN(C(=O)CC1(C(=O)O)CCCC1)C1CCOC1. The predicted octanol–water partition coefficient (Wildman–Crippen LogP) is 1.27. The van der Waals surface area contributed by atoms with Crippen molar-refractivity contribution in [1.29, 1.82) is 0 Å². The predicted molar refractivity (Wildman–Crippen MR) is 65.1 cm³/mol. The van der Waals surface area contributed by atoms with Gasteiger partial charge in [-0.2, -0.15) is 0 Å². The van der Waals surface area contributed by atoms with Gasteiger partial charge in [0.15, 0.2) is 0 Å². The van der Waals surface area contributed by atoms with Gasteiger partial charge in [0.2, 0.25) is 5.91 Å². The molecule has 1 unspecified atom stereocenters. The van der Waals surface area contributed by atoms with Crippen molar-refractivity contribution in [1.82, 2.24) is 4.90 Å². The normalized spacial score (nSPS) is 26.2. The van der Waals surface area contributed by atoms with E-state index in [0.717, 1.165) is 19.3 Å². The molecule has 1 aliphatic heterocycles. The van der Waals surface area contributed by atoms with Gasteiger partial charge < -0.3 is 14.7 Å². The molecule has 0 aromatic rings. The zero-order valence-electron chi connectivity index (χ0n) is 10.9. The van der Waals surface area contributed by atoms with Gasteiger partial charge in [-0.1, -0.05) is 12.8 Å². The Kier molecular flexibility index (Phi) is 3.90. The van der Waals surface area contributed by atoms with Gasteiger partial charge in [-0.3, -0.25) is 9.59 Å². The van der Waals surface area contributed by atoms with Crippen LogP contribution in [-0.4, -0.2) is 48.2 Å². The van der Waals surface area contributed by atoms with E-state index in [-0.39, 0.29) is 18.4 Å². The maximum absolute atomic E-state index is 12.2. The molecular weight excluding hydrogens is 234 g/mol. The van der Waals surface area contributed by atoms with Crippen LogP contribution in [0.25, 0.3) is 0 Å². The molecule has 0 radical (unpaired) electrons. The minimum atomic E-state index is -0.815. The molecule has 1 N–H and O–H groups in total. The van der Waals surface area contributed by atoms with Gasteiger partial charge in [-0.05, 0) is 19.3 Å². The van der Waals surface area contributed by atoms with Crippen molar-refractivity contribution >= 4 is 11.9 Å². The third-order valence-corrected chi connectivity index (χ3v) is 4.35. The molecule has 1 saturated carbocycles. The smallest absolute Gasteiger partial charge is 0.310 e. The molecule has 2 rings (SSSR count). The van der Waals surface area contributed by atoms with Gasteiger partial charge in [-0.25, -0.2) is 0 Å². The summed E-state index contributed by atoms with van der Waals surface area (Å²) in [5.41, 5.74) is -0.815. The van der Waals surface area contributed by atoms with Crippen LogP contribution < -0.4 is 0 Å². The Bertz CT molecular complexity index is 330. The van der Waals surface area contributed by atoms with E-state index in [1.54, 1.807) is 11.9 Å². The van der Waals surface area contributed by atoms with Gasteiger partial charge in [0.05, 0.1) is 18.1 Å². The van der Waals surface area contributed by atoms with E-state index in [4.69, 9.17) is 4.74 Å². The summed E-state index contributed by atoms with van der Waals surface area (Å²) < 4.78 is 5.26. The number of carbonyl (C=O) groups is 2. The maximum atomic E-state index is 12.2. The second-order valence-electron chi connectivity index (χ2n) is 5.49. The Morgan fingerprint density at radius 3 is 2.56 bits per heavy atom. The van der Waals surface area contributed by atoms with Crippen molar-refractivity contribution in [2.75, 3.05) is 20.3 Å². The Morgan fingerprint density at radius 2 is 2.06 bits per heavy atom. The molecule has 2 fully saturated rings. The number of hydrogen-bond acceptors (Lipinski definition) is 3. The number of aliphatic carboxylic acids is 1. The monoisotopic (exact) mass is 255 g/mol. The largest absolute Gasteiger partial charge is 0.481 e. The fraction of sp³-hybridized carbons (Fsp3) is 0.846. The third-order valence-electron chi connectivity index (χ3n) is 4.35. The first-order chi connectivity index (χ1) is 8.55. The number of hydrogen-bond donors (Lipinski definition) is 1. The first-order valence-electron chi connectivity index (χ1n) is 6.62. The van der Waals surface area contributed by atoms with E-state index in [2.05, 4.69) is 0 Å². The van der Waals surface area contributed by atoms with Crippen LogP contribution in [0.15, 0.2) is 0 Å². The van der Waals surface area contributed by atoms with Crippen molar-refractivity contribution in [3.05, 3.63) is 0 Å². The summed E-state index contributed by atoms with van der Waals surface area (Å²) in [6.07, 6.45) is 4.06. The number of rotatable bonds is 4. The quantitative estimate of drug-likeness (QED) is 0.821. The van der Waals surface area contributed by atoms with Crippen LogP contribution >= 0.6 is 0 Å². The standard InChI is InChI=1S/C13H21NO4/c1-14(10-4-7-18-9-10)11(15)8-13(12(16)17)5-2-3-6-13/h10H,2-9H2,1H3,(H,16,17). The second-order valence-corrected chi connectivity index (χ2v) is 5.49. The molecule has 0 spiro atoms. The summed E-state index contributed by atoms with van der Waals surface area (Å²) in [4.78, 5) is 25.3. The van der Waals surface area contributed by atoms with Crippen molar-refractivity contribution < 1.29 is 19.4 Å². The summed E-state index contributed by atoms with van der Waals surface area (Å²) >= 11 is 0. The summed E-state index contributed by atoms with van der Waals surface area (Å²) in [6.45, 7) is 1.26. The molecule has 1 atom stereocenters. The number of likely N-dealkylation sites (N-methyl/N-ethyl adjacent to an activating group) is 1. The lowest BCUT2D eigenvalue weighted by Crippen LogP contribution is -2.41. The van der Waals surface area contributed by atoms with Crippen LogP contribution in [-0.2, 0) is 14.3 Å². The first-order valence-corrected chi connectivity index (χ1v) is 6.62. The lowest BCUT2D eigenvalue weighted by Gasteiger charge is -2.29. The lowest BCUT2D eigenvalue weighted by atomic mass is 9.82. The van der Waals surface area contributed by atoms with Gasteiger partial charge in [-0.15, -0.1) is 0 Å². The number of carboxylic acid groups (broad SMARTS) is 1. The van der Waals surface area contributed by atoms with Gasteiger partial charge in [0, 0.05) is 20.1 Å². The Morgan fingerprint density at radius 1 is 1.39 bits per heavy atom. The van der Waals surface area contributed by atoms with E-state index < -0.39 is 11.4 Å². The Balaban J connectivity index is 1.98. The van der Waals surface area contributed by atoms with Crippen molar-refractivity contribution in [3.8, 4) is 0 Å². The molecule has 102 valence electrons. The van der Waals surface area contributed by atoms with Gasteiger partial charge in [0.1, 0.15) is 0 Å². The fourth-order valence-electron chi connectivity index (χ4n) is 2.96. The summed E-state index contributed by atoms with van der Waals surface area (Å²) in [7, 11) is 1.76. The van der Waals surface area contributed by atoms with Crippen LogP contribution in [0.2, 0.25) is 0 Å². The number of carboxylic acids is 1. The molecule has 0 bridgehead atoms. The molecule has 1 amide bonds. The molecule has 5 heteroatoms. The van der Waals surface area contributed by atoms with Crippen LogP contribution in [0.4, 0.5) is 0 Å². The Labute approximate surface area is 107 Å². The molecule has 5 nitrogen and oxygen atoms in total. The van der Waals surface area contributed by atoms with Crippen LogP contribution in [0.1, 0.15) is 38.5 Å². The fourth-order valence-corrected chi connectivity index (χ4v) is 2.96. The van der Waals surface area contributed by atoms with E-state index in [1.807, 2.05) is 0 Å². The average molecular weight is 255 g/mol. The molecular formula is C13H21NO4. The minimum Gasteiger partial charge on any atom is -0.481 e. The summed E-state index contributed by atoms with van der Waals surface area (Å²) in [5.74, 6) is -0.876. The second kappa shape index (κ2) is 5.26. The van der Waals surface area contributed by atoms with E-state index in [1.165, 1.54) is 0 Å². The molecule has 18 heavy (non-hydrogen) atoms. The zero-order valence-corrected chi connectivity index (χ0v) is 10.9. The number of ether oxygens (including phenoxy) is 1. The highest BCUT2D eigenvalue weighted by Gasteiger charge is 2.44. The highest BCUT2D eigenvalue weighted by molar-refractivity contribution is 5.85. The highest BCUT2D eigenvalue weighted by Crippen LogP contribution is 2.41. The van der Waals surface area contributed by atoms with Crippen LogP contribution in [0, 0.1) is 5.41 Å². The first kappa shape index (κ1) is 13.3. The van der Waals surface area contributed by atoms with Crippen molar-refractivity contribution in [3.63, 3.8) is 0 Å². The number of carbonyl (C=O) groups excluding carboxylic acids is 1. The molecule has 1 saturated heterocycles. The molecule has 1 aliphatic carbocycles. The topological polar surface area (TPSA) is 66.8 Å². The molecule has 1 heterocycles. The van der Waals surface area contributed by atoms with E-state index >= 15 is 0 Å². The summed E-state index contributed by atoms with van der Waals surface area (Å²) in [6, 6.07) is 0.116. The van der Waals surface area contributed by atoms with Crippen LogP contribution in [0.5, 0.6) is 0 Å². The van der Waals surface area contributed by atoms with E-state index in [0.29, 0.717) is 26.1 Å². The zero-order chi connectivity index (χ0) is 13.2. The molecule has 0 aromatic carbocycles. The van der Waals surface area contributed by atoms with Crippen molar-refractivity contribution in [2.24, 2.45) is 5.41 Å². The van der Waals surface area contributed by atoms with Gasteiger partial charge in [0.25, 0.3) is 0 Å². The van der Waals surface area contributed by atoms with E-state index in [9.17, 15) is 14.7 Å². The minimum absolute atomic E-state index is 0.0604. The number of nitrogens with zero attached hydrogens (tertiary/aromatic N) is 1. The lowest BCUT2D eigenvalue weighted by molar-refractivity contribution is -0.153. The third kappa shape index (κ3) is 2.51. The average Bonchev–Trinajstić information content (AvgIpc) is 2.99. The maximum Gasteiger partial charge on any atom is 0.310 e. The molecule has 0 aromatic heterocycles. The molecule has 2 aliphatic rings. The highest BCUT2D eigenvalue weighted by atomic mass is 16.5. The number of amides is 1. The van der Waals surface area contributed by atoms with Crippen molar-refractivity contribution in [2.45, 2.75) is 44.6 Å². The van der Waals surface area contributed by atoms with Crippen LogP contribution in [0.3, 0.4) is 0 Å². The Hall–Kier alpha value is -1.10. The summed E-state index contributed by atoms with van der Waals surface area (Å²) in [5, 5.41) is 9.36. The van der Waals surface area contributed by atoms with Gasteiger partial charge >= 0.3 is 5.97 Å².